The topological polar surface area (TPSA) is 44.8 Å². The first-order valence-electron chi connectivity index (χ1n) is 8.78. The molecule has 3 aromatic carbocycles. The highest BCUT2D eigenvalue weighted by Gasteiger charge is 2.30. The molecule has 0 aliphatic carbocycles. The van der Waals surface area contributed by atoms with Gasteiger partial charge in [0.1, 0.15) is 5.75 Å². The highest BCUT2D eigenvalue weighted by Crippen LogP contribution is 2.42. The maximum atomic E-state index is 12.4. The lowest BCUT2D eigenvalue weighted by atomic mass is 9.90. The third-order valence-electron chi connectivity index (χ3n) is 4.90. The molecule has 1 atom stereocenters. The van der Waals surface area contributed by atoms with E-state index >= 15 is 0 Å². The summed E-state index contributed by atoms with van der Waals surface area (Å²) in [5.74, 6) is 0.325. The Bertz CT molecular complexity index is 979. The van der Waals surface area contributed by atoms with Crippen molar-refractivity contribution in [3.63, 3.8) is 0 Å². The number of hydrogen-bond acceptors (Lipinski definition) is 4. The van der Waals surface area contributed by atoms with Crippen molar-refractivity contribution in [1.82, 2.24) is 0 Å². The largest absolute Gasteiger partial charge is 0.497 e. The maximum absolute atomic E-state index is 12.4. The van der Waals surface area contributed by atoms with Gasteiger partial charge in [0, 0.05) is 5.56 Å². The van der Waals surface area contributed by atoms with Crippen molar-refractivity contribution in [3.05, 3.63) is 77.9 Å². The van der Waals surface area contributed by atoms with E-state index in [1.54, 1.807) is 7.11 Å². The molecule has 1 heterocycles. The zero-order valence-corrected chi connectivity index (χ0v) is 15.3. The van der Waals surface area contributed by atoms with Crippen LogP contribution in [0, 0.1) is 0 Å². The van der Waals surface area contributed by atoms with Gasteiger partial charge in [-0.2, -0.15) is 0 Å². The smallest absolute Gasteiger partial charge is 0.339 e. The summed E-state index contributed by atoms with van der Waals surface area (Å²) in [5.41, 5.74) is 5.99. The monoisotopic (exact) mass is 360 g/mol. The van der Waals surface area contributed by atoms with Crippen molar-refractivity contribution in [2.75, 3.05) is 14.2 Å². The van der Waals surface area contributed by atoms with Gasteiger partial charge in [-0.15, -0.1) is 0 Å². The van der Waals surface area contributed by atoms with Gasteiger partial charge >= 0.3 is 5.97 Å². The van der Waals surface area contributed by atoms with Gasteiger partial charge in [0.15, 0.2) is 6.10 Å². The third kappa shape index (κ3) is 3.09. The Kier molecular flexibility index (Phi) is 4.65. The number of benzene rings is 3. The number of hydrogen-bond donors (Lipinski definition) is 0. The average Bonchev–Trinajstić information content (AvgIpc) is 2.90. The number of carbonyl (C=O) groups is 1. The van der Waals surface area contributed by atoms with Crippen molar-refractivity contribution in [2.45, 2.75) is 12.7 Å². The van der Waals surface area contributed by atoms with Gasteiger partial charge in [-0.05, 0) is 39.9 Å². The molecule has 0 saturated heterocycles. The standard InChI is InChI=1S/C23H20O4/c1-25-16-11-12-19-20(13-16)18-10-6-9-17(15-7-4-3-5-8-15)21(18)14-27-22(19)23(24)26-2/h3-13,22H,14H2,1-2H3. The molecule has 1 unspecified atom stereocenters. The molecule has 27 heavy (non-hydrogen) atoms. The quantitative estimate of drug-likeness (QED) is 0.631. The average molecular weight is 360 g/mol. The molecule has 0 N–H and O–H groups in total. The molecule has 1 aliphatic rings. The Labute approximate surface area is 158 Å². The van der Waals surface area contributed by atoms with Gasteiger partial charge in [0.05, 0.1) is 20.8 Å². The molecule has 0 radical (unpaired) electrons. The van der Waals surface area contributed by atoms with Crippen LogP contribution in [-0.2, 0) is 20.9 Å². The summed E-state index contributed by atoms with van der Waals surface area (Å²) >= 11 is 0. The van der Waals surface area contributed by atoms with Gasteiger partial charge < -0.3 is 14.2 Å². The third-order valence-corrected chi connectivity index (χ3v) is 4.90. The van der Waals surface area contributed by atoms with Crippen LogP contribution >= 0.6 is 0 Å². The lowest BCUT2D eigenvalue weighted by Crippen LogP contribution is -2.17. The Morgan fingerprint density at radius 1 is 0.926 bits per heavy atom. The lowest BCUT2D eigenvalue weighted by molar-refractivity contribution is -0.155. The predicted molar refractivity (Wildman–Crippen MR) is 103 cm³/mol. The molecular formula is C23H20O4. The fourth-order valence-corrected chi connectivity index (χ4v) is 3.57. The van der Waals surface area contributed by atoms with E-state index < -0.39 is 12.1 Å². The second-order valence-corrected chi connectivity index (χ2v) is 6.37. The molecular weight excluding hydrogens is 340 g/mol. The molecule has 0 fully saturated rings. The zero-order valence-electron chi connectivity index (χ0n) is 15.3. The van der Waals surface area contributed by atoms with Crippen LogP contribution in [0.4, 0.5) is 0 Å². The van der Waals surface area contributed by atoms with Crippen molar-refractivity contribution in [3.8, 4) is 28.0 Å². The van der Waals surface area contributed by atoms with Crippen molar-refractivity contribution in [1.29, 1.82) is 0 Å². The highest BCUT2D eigenvalue weighted by atomic mass is 16.6. The molecule has 4 heteroatoms. The van der Waals surface area contributed by atoms with Crippen LogP contribution in [0.2, 0.25) is 0 Å². The summed E-state index contributed by atoms with van der Waals surface area (Å²) in [4.78, 5) is 12.4. The Balaban J connectivity index is 1.95. The molecule has 4 rings (SSSR count). The minimum absolute atomic E-state index is 0.317. The summed E-state index contributed by atoms with van der Waals surface area (Å²) in [5, 5.41) is 0. The van der Waals surface area contributed by atoms with E-state index in [0.29, 0.717) is 6.61 Å². The fraction of sp³-hybridized carbons (Fsp3) is 0.174. The number of ether oxygens (including phenoxy) is 3. The molecule has 0 spiro atoms. The Hall–Kier alpha value is -3.11. The summed E-state index contributed by atoms with van der Waals surface area (Å²) in [7, 11) is 3.01. The number of rotatable bonds is 3. The summed E-state index contributed by atoms with van der Waals surface area (Å²) in [6.45, 7) is 0.317. The van der Waals surface area contributed by atoms with E-state index in [0.717, 1.165) is 39.1 Å². The maximum Gasteiger partial charge on any atom is 0.339 e. The normalized spacial score (nSPS) is 15.3. The lowest BCUT2D eigenvalue weighted by Gasteiger charge is -2.16. The van der Waals surface area contributed by atoms with Crippen LogP contribution in [0.3, 0.4) is 0 Å². The van der Waals surface area contributed by atoms with E-state index in [4.69, 9.17) is 14.2 Å². The van der Waals surface area contributed by atoms with Crippen LogP contribution in [0.1, 0.15) is 17.2 Å². The van der Waals surface area contributed by atoms with Gasteiger partial charge in [-0.3, -0.25) is 0 Å². The Morgan fingerprint density at radius 3 is 2.44 bits per heavy atom. The second-order valence-electron chi connectivity index (χ2n) is 6.37. The van der Waals surface area contributed by atoms with E-state index in [1.807, 2.05) is 42.5 Å². The van der Waals surface area contributed by atoms with Crippen LogP contribution in [-0.4, -0.2) is 20.2 Å². The summed E-state index contributed by atoms with van der Waals surface area (Å²) in [6.07, 6.45) is -0.771. The molecule has 3 aromatic rings. The van der Waals surface area contributed by atoms with Gasteiger partial charge in [-0.1, -0.05) is 54.6 Å². The van der Waals surface area contributed by atoms with Crippen molar-refractivity contribution < 1.29 is 19.0 Å². The molecule has 1 aliphatic heterocycles. The highest BCUT2D eigenvalue weighted by molar-refractivity contribution is 5.86. The minimum atomic E-state index is -0.771. The molecule has 0 saturated carbocycles. The van der Waals surface area contributed by atoms with E-state index in [1.165, 1.54) is 7.11 Å². The molecule has 0 amide bonds. The van der Waals surface area contributed by atoms with Crippen LogP contribution in [0.25, 0.3) is 22.3 Å². The summed E-state index contributed by atoms with van der Waals surface area (Å²) < 4.78 is 16.4. The SMILES string of the molecule is COC(=O)C1OCc2c(-c3ccccc3)cccc2-c2cc(OC)ccc21. The number of methoxy groups -OCH3 is 2. The van der Waals surface area contributed by atoms with Crippen LogP contribution in [0.15, 0.2) is 66.7 Å². The molecule has 0 bridgehead atoms. The molecule has 4 nitrogen and oxygen atoms in total. The van der Waals surface area contributed by atoms with Gasteiger partial charge in [-0.25, -0.2) is 4.79 Å². The first kappa shape index (κ1) is 17.3. The van der Waals surface area contributed by atoms with Crippen molar-refractivity contribution in [2.24, 2.45) is 0 Å². The Morgan fingerprint density at radius 2 is 1.70 bits per heavy atom. The van der Waals surface area contributed by atoms with Gasteiger partial charge in [0.25, 0.3) is 0 Å². The first-order chi connectivity index (χ1) is 13.2. The number of fused-ring (bicyclic) bond motifs is 3. The van der Waals surface area contributed by atoms with Crippen LogP contribution in [0.5, 0.6) is 5.75 Å². The minimum Gasteiger partial charge on any atom is -0.497 e. The van der Waals surface area contributed by atoms with E-state index in [2.05, 4.69) is 24.3 Å². The zero-order chi connectivity index (χ0) is 18.8. The first-order valence-corrected chi connectivity index (χ1v) is 8.78. The van der Waals surface area contributed by atoms with Crippen LogP contribution < -0.4 is 4.74 Å². The van der Waals surface area contributed by atoms with E-state index in [-0.39, 0.29) is 0 Å². The second kappa shape index (κ2) is 7.25. The molecule has 136 valence electrons. The fourth-order valence-electron chi connectivity index (χ4n) is 3.57. The van der Waals surface area contributed by atoms with Gasteiger partial charge in [0.2, 0.25) is 0 Å². The van der Waals surface area contributed by atoms with E-state index in [9.17, 15) is 4.79 Å². The number of esters is 1. The molecule has 0 aromatic heterocycles. The predicted octanol–water partition coefficient (Wildman–Crippen LogP) is 4.77. The number of carbonyl (C=O) groups excluding carboxylic acids is 1. The summed E-state index contributed by atoms with van der Waals surface area (Å²) in [6, 6.07) is 22.0. The van der Waals surface area contributed by atoms with Crippen molar-refractivity contribution >= 4 is 5.97 Å².